The van der Waals surface area contributed by atoms with Gasteiger partial charge in [0.15, 0.2) is 0 Å². The van der Waals surface area contributed by atoms with E-state index in [1.807, 2.05) is 0 Å². The molecule has 0 aromatic heterocycles. The van der Waals surface area contributed by atoms with E-state index in [4.69, 9.17) is 4.74 Å². The molecule has 1 aromatic carbocycles. The molecule has 0 aliphatic heterocycles. The number of benzene rings is 1. The fraction of sp³-hybridized carbons (Fsp3) is 0.286. The van der Waals surface area contributed by atoms with Gasteiger partial charge in [-0.2, -0.15) is 0 Å². The van der Waals surface area contributed by atoms with Crippen LogP contribution in [0.2, 0.25) is 0 Å². The van der Waals surface area contributed by atoms with Gasteiger partial charge in [-0.25, -0.2) is 4.79 Å². The van der Waals surface area contributed by atoms with Crippen LogP contribution in [0.4, 0.5) is 0 Å². The number of phenols is 1. The van der Waals surface area contributed by atoms with Crippen molar-refractivity contribution in [3.8, 4) is 17.6 Å². The largest absolute Gasteiger partial charge is 0.507 e. The number of hydrogen-bond donors (Lipinski definition) is 1. The molecule has 0 spiro atoms. The van der Waals surface area contributed by atoms with Gasteiger partial charge < -0.3 is 14.6 Å². The van der Waals surface area contributed by atoms with Crippen molar-refractivity contribution in [2.45, 2.75) is 13.3 Å². The molecule has 0 unspecified atom stereocenters. The van der Waals surface area contributed by atoms with E-state index < -0.39 is 11.9 Å². The van der Waals surface area contributed by atoms with E-state index in [9.17, 15) is 14.7 Å². The predicted molar refractivity (Wildman–Crippen MR) is 67.6 cm³/mol. The summed E-state index contributed by atoms with van der Waals surface area (Å²) >= 11 is 0. The summed E-state index contributed by atoms with van der Waals surface area (Å²) in [6.07, 6.45) is -0.0255. The second kappa shape index (κ2) is 7.07. The zero-order chi connectivity index (χ0) is 14.3. The number of aromatic hydroxyl groups is 1. The van der Waals surface area contributed by atoms with Gasteiger partial charge in [0.25, 0.3) is 0 Å². The van der Waals surface area contributed by atoms with Gasteiger partial charge in [0.05, 0.1) is 13.7 Å². The average Bonchev–Trinajstić information content (AvgIpc) is 2.40. The van der Waals surface area contributed by atoms with E-state index in [1.165, 1.54) is 19.2 Å². The Bertz CT molecular complexity index is 537. The molecule has 0 bridgehead atoms. The normalized spacial score (nSPS) is 9.16. The maximum atomic E-state index is 11.3. The number of rotatable bonds is 3. The van der Waals surface area contributed by atoms with E-state index in [0.717, 1.165) is 0 Å². The summed E-state index contributed by atoms with van der Waals surface area (Å²) in [5.41, 5.74) is 0.535. The van der Waals surface area contributed by atoms with Gasteiger partial charge in [0, 0.05) is 5.56 Å². The molecule has 1 aromatic rings. The van der Waals surface area contributed by atoms with Gasteiger partial charge in [-0.15, -0.1) is 0 Å². The fourth-order valence-electron chi connectivity index (χ4n) is 1.32. The van der Waals surface area contributed by atoms with Gasteiger partial charge in [0.1, 0.15) is 17.7 Å². The van der Waals surface area contributed by atoms with Crippen LogP contribution in [0.5, 0.6) is 5.75 Å². The van der Waals surface area contributed by atoms with E-state index in [0.29, 0.717) is 12.2 Å². The summed E-state index contributed by atoms with van der Waals surface area (Å²) in [6, 6.07) is 4.29. The first-order valence-corrected chi connectivity index (χ1v) is 5.64. The number of esters is 2. The maximum absolute atomic E-state index is 11.3. The zero-order valence-corrected chi connectivity index (χ0v) is 10.7. The van der Waals surface area contributed by atoms with Crippen LogP contribution in [0.15, 0.2) is 18.2 Å². The van der Waals surface area contributed by atoms with Crippen molar-refractivity contribution in [2.24, 2.45) is 0 Å². The average molecular weight is 262 g/mol. The molecular weight excluding hydrogens is 248 g/mol. The smallest absolute Gasteiger partial charge is 0.341 e. The Morgan fingerprint density at radius 1 is 1.37 bits per heavy atom. The summed E-state index contributed by atoms with van der Waals surface area (Å²) in [6.45, 7) is 2.03. The SMILES string of the molecule is CCOC(=O)CC#Cc1ccc(O)c(C(=O)OC)c1. The quantitative estimate of drug-likeness (QED) is 0.660. The van der Waals surface area contributed by atoms with Crippen molar-refractivity contribution in [3.05, 3.63) is 29.3 Å². The molecule has 0 saturated carbocycles. The lowest BCUT2D eigenvalue weighted by molar-refractivity contribution is -0.141. The molecule has 19 heavy (non-hydrogen) atoms. The highest BCUT2D eigenvalue weighted by atomic mass is 16.5. The highest BCUT2D eigenvalue weighted by Gasteiger charge is 2.11. The monoisotopic (exact) mass is 262 g/mol. The number of carbonyl (C=O) groups is 2. The van der Waals surface area contributed by atoms with Gasteiger partial charge >= 0.3 is 11.9 Å². The molecule has 0 atom stereocenters. The third-order valence-corrected chi connectivity index (χ3v) is 2.17. The van der Waals surface area contributed by atoms with Crippen LogP contribution < -0.4 is 0 Å². The minimum atomic E-state index is -0.647. The van der Waals surface area contributed by atoms with Crippen molar-refractivity contribution in [2.75, 3.05) is 13.7 Å². The highest BCUT2D eigenvalue weighted by Crippen LogP contribution is 2.18. The molecular formula is C14H14O5. The lowest BCUT2D eigenvalue weighted by Gasteiger charge is -2.02. The van der Waals surface area contributed by atoms with Crippen LogP contribution in [0, 0.1) is 11.8 Å². The summed E-state index contributed by atoms with van der Waals surface area (Å²) in [7, 11) is 1.22. The number of carbonyl (C=O) groups excluding carboxylic acids is 2. The molecule has 0 aliphatic rings. The molecule has 0 radical (unpaired) electrons. The molecule has 1 rings (SSSR count). The summed E-state index contributed by atoms with van der Waals surface area (Å²) in [5, 5.41) is 9.50. The van der Waals surface area contributed by atoms with Crippen LogP contribution in [0.25, 0.3) is 0 Å². The number of ether oxygens (including phenoxy) is 2. The van der Waals surface area contributed by atoms with Gasteiger partial charge in [-0.05, 0) is 25.1 Å². The highest BCUT2D eigenvalue weighted by molar-refractivity contribution is 5.92. The summed E-state index contributed by atoms with van der Waals surface area (Å²) in [5.74, 6) is 4.12. The Morgan fingerprint density at radius 2 is 2.11 bits per heavy atom. The van der Waals surface area contributed by atoms with E-state index >= 15 is 0 Å². The van der Waals surface area contributed by atoms with E-state index in [2.05, 4.69) is 16.6 Å². The first kappa shape index (κ1) is 14.6. The lowest BCUT2D eigenvalue weighted by atomic mass is 10.1. The summed E-state index contributed by atoms with van der Waals surface area (Å²) < 4.78 is 9.25. The molecule has 5 nitrogen and oxygen atoms in total. The Hall–Kier alpha value is -2.48. The number of methoxy groups -OCH3 is 1. The van der Waals surface area contributed by atoms with Gasteiger partial charge in [-0.3, -0.25) is 4.79 Å². The van der Waals surface area contributed by atoms with Crippen molar-refractivity contribution in [1.29, 1.82) is 0 Å². The van der Waals surface area contributed by atoms with Crippen molar-refractivity contribution >= 4 is 11.9 Å². The molecule has 100 valence electrons. The first-order chi connectivity index (χ1) is 9.08. The van der Waals surface area contributed by atoms with Crippen LogP contribution in [0.1, 0.15) is 29.3 Å². The van der Waals surface area contributed by atoms with Gasteiger partial charge in [-0.1, -0.05) is 11.8 Å². The van der Waals surface area contributed by atoms with E-state index in [-0.39, 0.29) is 17.7 Å². The zero-order valence-electron chi connectivity index (χ0n) is 10.7. The Morgan fingerprint density at radius 3 is 2.74 bits per heavy atom. The summed E-state index contributed by atoms with van der Waals surface area (Å²) in [4.78, 5) is 22.4. The molecule has 0 heterocycles. The molecule has 5 heteroatoms. The second-order valence-corrected chi connectivity index (χ2v) is 3.51. The van der Waals surface area contributed by atoms with Crippen LogP contribution in [-0.2, 0) is 14.3 Å². The Kier molecular flexibility index (Phi) is 5.42. The van der Waals surface area contributed by atoms with Crippen LogP contribution in [0.3, 0.4) is 0 Å². The minimum Gasteiger partial charge on any atom is -0.507 e. The molecule has 0 fully saturated rings. The Balaban J connectivity index is 2.83. The molecule has 0 saturated heterocycles. The van der Waals surface area contributed by atoms with Crippen molar-refractivity contribution < 1.29 is 24.2 Å². The fourth-order valence-corrected chi connectivity index (χ4v) is 1.32. The Labute approximate surface area is 111 Å². The van der Waals surface area contributed by atoms with Crippen LogP contribution >= 0.6 is 0 Å². The van der Waals surface area contributed by atoms with Gasteiger partial charge in [0.2, 0.25) is 0 Å². The molecule has 0 aliphatic carbocycles. The second-order valence-electron chi connectivity index (χ2n) is 3.51. The third-order valence-electron chi connectivity index (χ3n) is 2.17. The van der Waals surface area contributed by atoms with Crippen molar-refractivity contribution in [3.63, 3.8) is 0 Å². The standard InChI is InChI=1S/C14H14O5/c1-3-19-13(16)6-4-5-10-7-8-12(15)11(9-10)14(17)18-2/h7-9,15H,3,6H2,1-2H3. The topological polar surface area (TPSA) is 72.8 Å². The maximum Gasteiger partial charge on any atom is 0.341 e. The predicted octanol–water partition coefficient (Wildman–Crippen LogP) is 1.48. The first-order valence-electron chi connectivity index (χ1n) is 5.64. The molecule has 1 N–H and O–H groups in total. The third kappa shape index (κ3) is 4.36. The van der Waals surface area contributed by atoms with Crippen molar-refractivity contribution in [1.82, 2.24) is 0 Å². The van der Waals surface area contributed by atoms with Crippen LogP contribution in [-0.4, -0.2) is 30.8 Å². The van der Waals surface area contributed by atoms with E-state index in [1.54, 1.807) is 13.0 Å². The number of phenolic OH excluding ortho intramolecular Hbond substituents is 1. The molecule has 0 amide bonds. The number of hydrogen-bond acceptors (Lipinski definition) is 5. The lowest BCUT2D eigenvalue weighted by Crippen LogP contribution is -2.02. The minimum absolute atomic E-state index is 0.0255.